The molecule has 0 aliphatic carbocycles. The van der Waals surface area contributed by atoms with Crippen LogP contribution in [0.2, 0.25) is 0 Å². The third kappa shape index (κ3) is 5.93. The molecule has 0 unspecified atom stereocenters. The highest BCUT2D eigenvalue weighted by Gasteiger charge is 2.33. The lowest BCUT2D eigenvalue weighted by Crippen LogP contribution is -2.28. The zero-order valence-corrected chi connectivity index (χ0v) is 15.9. The van der Waals surface area contributed by atoms with E-state index in [9.17, 15) is 32.9 Å². The molecule has 0 saturated heterocycles. The Bertz CT molecular complexity index is 963. The molecule has 0 spiro atoms. The highest BCUT2D eigenvalue weighted by atomic mass is 19.4. The van der Waals surface area contributed by atoms with E-state index in [1.807, 2.05) is 0 Å². The number of alkyl halides is 3. The number of anilines is 1. The Kier molecular flexibility index (Phi) is 6.98. The molecular weight excluding hydrogens is 405 g/mol. The molecule has 2 aromatic carbocycles. The predicted octanol–water partition coefficient (Wildman–Crippen LogP) is 3.17. The van der Waals surface area contributed by atoms with Gasteiger partial charge in [-0.15, -0.1) is 0 Å². The number of amides is 2. The van der Waals surface area contributed by atoms with Crippen molar-refractivity contribution in [1.29, 1.82) is 0 Å². The number of nitrogens with one attached hydrogen (secondary N) is 1. The molecule has 0 radical (unpaired) electrons. The summed E-state index contributed by atoms with van der Waals surface area (Å²) in [5.74, 6) is -0.894. The first-order valence-electron chi connectivity index (χ1n) is 8.71. The van der Waals surface area contributed by atoms with Gasteiger partial charge in [-0.3, -0.25) is 19.7 Å². The van der Waals surface area contributed by atoms with Crippen LogP contribution in [0, 0.1) is 10.1 Å². The number of hydrogen-bond donors (Lipinski definition) is 2. The summed E-state index contributed by atoms with van der Waals surface area (Å²) >= 11 is 0. The standard InChI is InChI=1S/C19H19F3N4O4/c1-25(11-12-3-2-4-13(9-12)18(23)28)17(27)7-8-24-15-6-5-14(19(20,21)22)10-16(15)26(29)30/h2-6,9-10,24H,7-8,11H2,1H3,(H2,23,28). The van der Waals surface area contributed by atoms with Crippen LogP contribution in [-0.2, 0) is 17.5 Å². The second-order valence-corrected chi connectivity index (χ2v) is 6.48. The van der Waals surface area contributed by atoms with Gasteiger partial charge in [-0.05, 0) is 29.8 Å². The van der Waals surface area contributed by atoms with E-state index in [-0.39, 0.29) is 31.1 Å². The van der Waals surface area contributed by atoms with E-state index >= 15 is 0 Å². The minimum absolute atomic E-state index is 0.0172. The smallest absolute Gasteiger partial charge is 0.379 e. The number of rotatable bonds is 8. The minimum Gasteiger partial charge on any atom is -0.379 e. The molecule has 0 saturated carbocycles. The van der Waals surface area contributed by atoms with Crippen molar-refractivity contribution in [3.8, 4) is 0 Å². The molecule has 0 fully saturated rings. The second-order valence-electron chi connectivity index (χ2n) is 6.48. The third-order valence-corrected chi connectivity index (χ3v) is 4.23. The van der Waals surface area contributed by atoms with E-state index in [0.29, 0.717) is 17.2 Å². The van der Waals surface area contributed by atoms with Gasteiger partial charge >= 0.3 is 6.18 Å². The summed E-state index contributed by atoms with van der Waals surface area (Å²) in [5, 5.41) is 13.7. The molecule has 2 rings (SSSR count). The van der Waals surface area contributed by atoms with Gasteiger partial charge in [0.2, 0.25) is 11.8 Å². The molecule has 0 aromatic heterocycles. The fourth-order valence-corrected chi connectivity index (χ4v) is 2.69. The zero-order chi connectivity index (χ0) is 22.5. The monoisotopic (exact) mass is 424 g/mol. The normalized spacial score (nSPS) is 11.1. The summed E-state index contributed by atoms with van der Waals surface area (Å²) in [6.45, 7) is 0.192. The number of nitrogens with zero attached hydrogens (tertiary/aromatic N) is 2. The third-order valence-electron chi connectivity index (χ3n) is 4.23. The predicted molar refractivity (Wildman–Crippen MR) is 103 cm³/mol. The number of halogens is 3. The summed E-state index contributed by atoms with van der Waals surface area (Å²) in [4.78, 5) is 35.0. The van der Waals surface area contributed by atoms with Gasteiger partial charge < -0.3 is 16.0 Å². The van der Waals surface area contributed by atoms with Gasteiger partial charge in [-0.1, -0.05) is 12.1 Å². The van der Waals surface area contributed by atoms with Crippen LogP contribution >= 0.6 is 0 Å². The lowest BCUT2D eigenvalue weighted by molar-refractivity contribution is -0.384. The van der Waals surface area contributed by atoms with Crippen molar-refractivity contribution in [3.63, 3.8) is 0 Å². The SMILES string of the molecule is CN(Cc1cccc(C(N)=O)c1)C(=O)CCNc1ccc(C(F)(F)F)cc1[N+](=O)[O-]. The highest BCUT2D eigenvalue weighted by molar-refractivity contribution is 5.92. The molecular formula is C19H19F3N4O4. The number of carbonyl (C=O) groups is 2. The number of primary amides is 1. The maximum absolute atomic E-state index is 12.7. The Labute approximate surface area is 169 Å². The fourth-order valence-electron chi connectivity index (χ4n) is 2.69. The first kappa shape index (κ1) is 22.7. The van der Waals surface area contributed by atoms with E-state index in [1.54, 1.807) is 31.3 Å². The van der Waals surface area contributed by atoms with E-state index in [4.69, 9.17) is 5.73 Å². The summed E-state index contributed by atoms with van der Waals surface area (Å²) in [6, 6.07) is 8.62. The Balaban J connectivity index is 1.97. The number of nitrogens with two attached hydrogens (primary N) is 1. The van der Waals surface area contributed by atoms with Crippen molar-refractivity contribution in [2.45, 2.75) is 19.1 Å². The molecule has 2 amide bonds. The van der Waals surface area contributed by atoms with Gasteiger partial charge in [0.15, 0.2) is 0 Å². The largest absolute Gasteiger partial charge is 0.416 e. The molecule has 0 bridgehead atoms. The number of nitro groups is 1. The molecule has 8 nitrogen and oxygen atoms in total. The maximum Gasteiger partial charge on any atom is 0.416 e. The molecule has 3 N–H and O–H groups in total. The molecule has 0 heterocycles. The Morgan fingerprint density at radius 2 is 1.90 bits per heavy atom. The molecule has 0 atom stereocenters. The molecule has 0 aliphatic heterocycles. The Morgan fingerprint density at radius 3 is 2.50 bits per heavy atom. The molecule has 160 valence electrons. The molecule has 11 heteroatoms. The van der Waals surface area contributed by atoms with E-state index in [0.717, 1.165) is 12.1 Å². The zero-order valence-electron chi connectivity index (χ0n) is 15.9. The van der Waals surface area contributed by atoms with Crippen molar-refractivity contribution in [2.75, 3.05) is 18.9 Å². The molecule has 30 heavy (non-hydrogen) atoms. The van der Waals surface area contributed by atoms with Gasteiger partial charge in [-0.25, -0.2) is 0 Å². The van der Waals surface area contributed by atoms with Crippen molar-refractivity contribution < 1.29 is 27.7 Å². The summed E-state index contributed by atoms with van der Waals surface area (Å²) < 4.78 is 38.2. The van der Waals surface area contributed by atoms with Gasteiger partial charge in [0.25, 0.3) is 5.69 Å². The van der Waals surface area contributed by atoms with Crippen LogP contribution in [0.1, 0.15) is 27.9 Å². The van der Waals surface area contributed by atoms with Crippen LogP contribution in [0.3, 0.4) is 0 Å². The van der Waals surface area contributed by atoms with Gasteiger partial charge in [0.05, 0.1) is 10.5 Å². The van der Waals surface area contributed by atoms with E-state index in [2.05, 4.69) is 5.32 Å². The highest BCUT2D eigenvalue weighted by Crippen LogP contribution is 2.34. The van der Waals surface area contributed by atoms with Crippen LogP contribution < -0.4 is 11.1 Å². The van der Waals surface area contributed by atoms with Crippen LogP contribution in [0.4, 0.5) is 24.5 Å². The van der Waals surface area contributed by atoms with E-state index in [1.165, 1.54) is 4.90 Å². The maximum atomic E-state index is 12.7. The summed E-state index contributed by atoms with van der Waals surface area (Å²) in [7, 11) is 1.54. The number of carbonyl (C=O) groups excluding carboxylic acids is 2. The van der Waals surface area contributed by atoms with Crippen molar-refractivity contribution in [3.05, 3.63) is 69.3 Å². The van der Waals surface area contributed by atoms with Gasteiger partial charge in [0.1, 0.15) is 5.69 Å². The van der Waals surface area contributed by atoms with Crippen LogP contribution in [-0.4, -0.2) is 35.2 Å². The average Bonchev–Trinajstić information content (AvgIpc) is 2.67. The van der Waals surface area contributed by atoms with Crippen LogP contribution in [0.5, 0.6) is 0 Å². The second kappa shape index (κ2) is 9.25. The van der Waals surface area contributed by atoms with Crippen molar-refractivity contribution in [2.24, 2.45) is 5.73 Å². The number of benzene rings is 2. The minimum atomic E-state index is -4.70. The lowest BCUT2D eigenvalue weighted by atomic mass is 10.1. The fraction of sp³-hybridized carbons (Fsp3) is 0.263. The Morgan fingerprint density at radius 1 is 1.20 bits per heavy atom. The summed E-state index contributed by atoms with van der Waals surface area (Å²) in [6.07, 6.45) is -4.75. The van der Waals surface area contributed by atoms with Crippen molar-refractivity contribution >= 4 is 23.2 Å². The molecule has 0 aliphatic rings. The number of hydrogen-bond acceptors (Lipinski definition) is 5. The first-order chi connectivity index (χ1) is 14.0. The first-order valence-corrected chi connectivity index (χ1v) is 8.71. The average molecular weight is 424 g/mol. The van der Waals surface area contributed by atoms with Crippen molar-refractivity contribution in [1.82, 2.24) is 4.90 Å². The van der Waals surface area contributed by atoms with Crippen LogP contribution in [0.15, 0.2) is 42.5 Å². The quantitative estimate of drug-likeness (QED) is 0.498. The van der Waals surface area contributed by atoms with Crippen LogP contribution in [0.25, 0.3) is 0 Å². The lowest BCUT2D eigenvalue weighted by Gasteiger charge is -2.18. The molecule has 2 aromatic rings. The number of nitro benzene ring substituents is 1. The summed E-state index contributed by atoms with van der Waals surface area (Å²) in [5.41, 5.74) is 4.25. The Hall–Kier alpha value is -3.63. The topological polar surface area (TPSA) is 119 Å². The van der Waals surface area contributed by atoms with E-state index < -0.39 is 28.3 Å². The van der Waals surface area contributed by atoms with Gasteiger partial charge in [0, 0.05) is 38.2 Å². The van der Waals surface area contributed by atoms with Gasteiger partial charge in [-0.2, -0.15) is 13.2 Å².